The molecule has 1 amide bonds. The maximum atomic E-state index is 10.7. The Labute approximate surface area is 84.7 Å². The molecule has 0 atom stereocenters. The number of aromatic nitrogens is 1. The van der Waals surface area contributed by atoms with Crippen LogP contribution in [0.15, 0.2) is 12.1 Å². The Morgan fingerprint density at radius 3 is 2.75 bits per heavy atom. The van der Waals surface area contributed by atoms with Crippen molar-refractivity contribution in [2.75, 3.05) is 5.32 Å². The Kier molecular flexibility index (Phi) is 3.02. The predicted molar refractivity (Wildman–Crippen MR) is 56.0 cm³/mol. The van der Waals surface area contributed by atoms with Crippen molar-refractivity contribution in [1.82, 2.24) is 4.98 Å². The lowest BCUT2D eigenvalue weighted by Crippen LogP contribution is -2.07. The normalized spacial score (nSPS) is 9.58. The summed E-state index contributed by atoms with van der Waals surface area (Å²) in [6.07, 6.45) is 0. The topological polar surface area (TPSA) is 42.0 Å². The third kappa shape index (κ3) is 2.44. The molecular formula is C8H9IN2O. The second-order valence-electron chi connectivity index (χ2n) is 2.44. The number of hydrogen-bond donors (Lipinski definition) is 1. The van der Waals surface area contributed by atoms with Gasteiger partial charge < -0.3 is 5.32 Å². The number of nitrogens with zero attached hydrogens (tertiary/aromatic N) is 1. The highest BCUT2D eigenvalue weighted by Gasteiger charge is 1.99. The van der Waals surface area contributed by atoms with E-state index < -0.39 is 0 Å². The number of carbonyl (C=O) groups excluding carboxylic acids is 1. The monoisotopic (exact) mass is 276 g/mol. The molecule has 1 heterocycles. The largest absolute Gasteiger partial charge is 0.311 e. The number of rotatable bonds is 1. The first-order chi connectivity index (χ1) is 5.59. The van der Waals surface area contributed by atoms with Gasteiger partial charge in [0.25, 0.3) is 0 Å². The average molecular weight is 276 g/mol. The molecule has 1 aromatic rings. The van der Waals surface area contributed by atoms with Crippen LogP contribution in [0.1, 0.15) is 12.6 Å². The minimum absolute atomic E-state index is 0.0943. The number of aryl methyl sites for hydroxylation is 1. The highest BCUT2D eigenvalue weighted by Crippen LogP contribution is 2.11. The number of amides is 1. The van der Waals surface area contributed by atoms with Crippen molar-refractivity contribution in [3.8, 4) is 0 Å². The SMILES string of the molecule is CC(=O)Nc1ccc(I)c(C)n1. The first-order valence-corrected chi connectivity index (χ1v) is 4.58. The molecule has 0 radical (unpaired) electrons. The van der Waals surface area contributed by atoms with E-state index in [1.165, 1.54) is 6.92 Å². The van der Waals surface area contributed by atoms with Crippen LogP contribution < -0.4 is 5.32 Å². The summed E-state index contributed by atoms with van der Waals surface area (Å²) in [5.41, 5.74) is 0.932. The molecule has 0 aromatic carbocycles. The van der Waals surface area contributed by atoms with E-state index in [0.29, 0.717) is 5.82 Å². The van der Waals surface area contributed by atoms with E-state index in [1.807, 2.05) is 13.0 Å². The molecule has 0 saturated carbocycles. The van der Waals surface area contributed by atoms with Crippen LogP contribution in [0.4, 0.5) is 5.82 Å². The van der Waals surface area contributed by atoms with Gasteiger partial charge in [-0.2, -0.15) is 0 Å². The lowest BCUT2D eigenvalue weighted by molar-refractivity contribution is -0.114. The smallest absolute Gasteiger partial charge is 0.222 e. The predicted octanol–water partition coefficient (Wildman–Crippen LogP) is 1.95. The van der Waals surface area contributed by atoms with E-state index in [1.54, 1.807) is 6.07 Å². The summed E-state index contributed by atoms with van der Waals surface area (Å²) in [5.74, 6) is 0.517. The highest BCUT2D eigenvalue weighted by molar-refractivity contribution is 14.1. The van der Waals surface area contributed by atoms with Gasteiger partial charge in [-0.3, -0.25) is 4.79 Å². The fourth-order valence-electron chi connectivity index (χ4n) is 0.794. The molecule has 4 heteroatoms. The van der Waals surface area contributed by atoms with E-state index >= 15 is 0 Å². The molecule has 64 valence electrons. The molecule has 0 saturated heterocycles. The molecule has 12 heavy (non-hydrogen) atoms. The highest BCUT2D eigenvalue weighted by atomic mass is 127. The van der Waals surface area contributed by atoms with Gasteiger partial charge in [0.05, 0.1) is 5.69 Å². The van der Waals surface area contributed by atoms with Gasteiger partial charge in [0.15, 0.2) is 0 Å². The summed E-state index contributed by atoms with van der Waals surface area (Å²) >= 11 is 2.20. The Morgan fingerprint density at radius 1 is 1.58 bits per heavy atom. The summed E-state index contributed by atoms with van der Waals surface area (Å²) in [7, 11) is 0. The Hall–Kier alpha value is -0.650. The molecule has 0 fully saturated rings. The maximum Gasteiger partial charge on any atom is 0.222 e. The number of nitrogens with one attached hydrogen (secondary N) is 1. The van der Waals surface area contributed by atoms with Crippen LogP contribution in [0, 0.1) is 10.5 Å². The molecule has 1 aromatic heterocycles. The third-order valence-electron chi connectivity index (χ3n) is 1.33. The number of pyridine rings is 1. The van der Waals surface area contributed by atoms with Gasteiger partial charge in [-0.25, -0.2) is 4.98 Å². The zero-order valence-electron chi connectivity index (χ0n) is 6.89. The van der Waals surface area contributed by atoms with Crippen molar-refractivity contribution in [2.24, 2.45) is 0 Å². The van der Waals surface area contributed by atoms with Crippen LogP contribution in [-0.2, 0) is 4.79 Å². The third-order valence-corrected chi connectivity index (χ3v) is 2.47. The fourth-order valence-corrected chi connectivity index (χ4v) is 1.09. The van der Waals surface area contributed by atoms with Gasteiger partial charge in [0.1, 0.15) is 5.82 Å². The molecule has 1 N–H and O–H groups in total. The van der Waals surface area contributed by atoms with Gasteiger partial charge in [-0.05, 0) is 41.6 Å². The second kappa shape index (κ2) is 3.84. The van der Waals surface area contributed by atoms with E-state index in [0.717, 1.165) is 9.26 Å². The molecule has 0 aliphatic carbocycles. The summed E-state index contributed by atoms with van der Waals surface area (Å²) in [6, 6.07) is 3.71. The zero-order valence-corrected chi connectivity index (χ0v) is 9.05. The zero-order chi connectivity index (χ0) is 9.14. The van der Waals surface area contributed by atoms with E-state index in [-0.39, 0.29) is 5.91 Å². The van der Waals surface area contributed by atoms with Crippen molar-refractivity contribution >= 4 is 34.3 Å². The van der Waals surface area contributed by atoms with Crippen LogP contribution in [0.2, 0.25) is 0 Å². The number of hydrogen-bond acceptors (Lipinski definition) is 2. The quantitative estimate of drug-likeness (QED) is 0.796. The lowest BCUT2D eigenvalue weighted by atomic mass is 10.4. The molecule has 0 aliphatic rings. The first kappa shape index (κ1) is 9.44. The van der Waals surface area contributed by atoms with Crippen molar-refractivity contribution in [3.05, 3.63) is 21.4 Å². The maximum absolute atomic E-state index is 10.7. The first-order valence-electron chi connectivity index (χ1n) is 3.50. The molecule has 1 rings (SSSR count). The standard InChI is InChI=1S/C8H9IN2O/c1-5-7(9)3-4-8(10-5)11-6(2)12/h3-4H,1-2H3,(H,10,11,12). The Morgan fingerprint density at radius 2 is 2.25 bits per heavy atom. The Bertz CT molecular complexity index is 312. The summed E-state index contributed by atoms with van der Waals surface area (Å²) in [6.45, 7) is 3.38. The minimum Gasteiger partial charge on any atom is -0.311 e. The van der Waals surface area contributed by atoms with Gasteiger partial charge >= 0.3 is 0 Å². The Balaban J connectivity index is 2.89. The van der Waals surface area contributed by atoms with Gasteiger partial charge in [-0.15, -0.1) is 0 Å². The van der Waals surface area contributed by atoms with Crippen LogP contribution in [0.25, 0.3) is 0 Å². The van der Waals surface area contributed by atoms with Crippen molar-refractivity contribution in [2.45, 2.75) is 13.8 Å². The molecule has 3 nitrogen and oxygen atoms in total. The van der Waals surface area contributed by atoms with Crippen LogP contribution in [0.3, 0.4) is 0 Å². The summed E-state index contributed by atoms with van der Waals surface area (Å²) in [5, 5.41) is 2.62. The van der Waals surface area contributed by atoms with Crippen molar-refractivity contribution < 1.29 is 4.79 Å². The molecule has 0 unspecified atom stereocenters. The summed E-state index contributed by atoms with van der Waals surface area (Å²) in [4.78, 5) is 14.8. The number of halogens is 1. The average Bonchev–Trinajstić information content (AvgIpc) is 1.96. The van der Waals surface area contributed by atoms with Crippen molar-refractivity contribution in [1.29, 1.82) is 0 Å². The number of carbonyl (C=O) groups is 1. The fraction of sp³-hybridized carbons (Fsp3) is 0.250. The van der Waals surface area contributed by atoms with Crippen LogP contribution in [0.5, 0.6) is 0 Å². The van der Waals surface area contributed by atoms with E-state index in [9.17, 15) is 4.79 Å². The molecular weight excluding hydrogens is 267 g/mol. The van der Waals surface area contributed by atoms with E-state index in [2.05, 4.69) is 32.9 Å². The summed E-state index contributed by atoms with van der Waals surface area (Å²) < 4.78 is 1.10. The number of anilines is 1. The van der Waals surface area contributed by atoms with Crippen LogP contribution >= 0.6 is 22.6 Å². The second-order valence-corrected chi connectivity index (χ2v) is 3.61. The lowest BCUT2D eigenvalue weighted by Gasteiger charge is -2.02. The van der Waals surface area contributed by atoms with Crippen LogP contribution in [-0.4, -0.2) is 10.9 Å². The molecule has 0 bridgehead atoms. The van der Waals surface area contributed by atoms with Gasteiger partial charge in [0.2, 0.25) is 5.91 Å². The van der Waals surface area contributed by atoms with Gasteiger partial charge in [-0.1, -0.05) is 0 Å². The molecule has 0 aliphatic heterocycles. The van der Waals surface area contributed by atoms with Gasteiger partial charge in [0, 0.05) is 10.5 Å². The van der Waals surface area contributed by atoms with Crippen molar-refractivity contribution in [3.63, 3.8) is 0 Å². The van der Waals surface area contributed by atoms with E-state index in [4.69, 9.17) is 0 Å². The molecule has 0 spiro atoms. The minimum atomic E-state index is -0.0943.